The predicted molar refractivity (Wildman–Crippen MR) is 66.0 cm³/mol. The van der Waals surface area contributed by atoms with Crippen molar-refractivity contribution in [3.8, 4) is 0 Å². The zero-order chi connectivity index (χ0) is 13.0. The lowest BCUT2D eigenvalue weighted by Gasteiger charge is -2.20. The Kier molecular flexibility index (Phi) is 4.11. The minimum absolute atomic E-state index is 0.332. The van der Waals surface area contributed by atoms with E-state index < -0.39 is 11.9 Å². The fraction of sp³-hybridized carbons (Fsp3) is 0.500. The van der Waals surface area contributed by atoms with Crippen molar-refractivity contribution in [2.24, 2.45) is 0 Å². The van der Waals surface area contributed by atoms with Crippen LogP contribution in [0.2, 0.25) is 0 Å². The second kappa shape index (κ2) is 5.61. The van der Waals surface area contributed by atoms with Crippen molar-refractivity contribution in [2.75, 3.05) is 6.61 Å². The Morgan fingerprint density at radius 3 is 2.72 bits per heavy atom. The van der Waals surface area contributed by atoms with Gasteiger partial charge in [-0.2, -0.15) is 0 Å². The summed E-state index contributed by atoms with van der Waals surface area (Å²) in [7, 11) is 0. The van der Waals surface area contributed by atoms with Crippen LogP contribution in [0.25, 0.3) is 0 Å². The maximum absolute atomic E-state index is 11.1. The van der Waals surface area contributed by atoms with Gasteiger partial charge in [-0.3, -0.25) is 0 Å². The molecule has 18 heavy (non-hydrogen) atoms. The molecule has 0 unspecified atom stereocenters. The molecule has 0 aromatic heterocycles. The monoisotopic (exact) mass is 250 g/mol. The van der Waals surface area contributed by atoms with E-state index in [1.807, 2.05) is 44.2 Å². The first-order chi connectivity index (χ1) is 8.61. The van der Waals surface area contributed by atoms with E-state index >= 15 is 0 Å². The first-order valence-electron chi connectivity index (χ1n) is 6.03. The number of hydrogen-bond acceptors (Lipinski definition) is 4. The van der Waals surface area contributed by atoms with Crippen LogP contribution in [0.15, 0.2) is 30.3 Å². The van der Waals surface area contributed by atoms with Gasteiger partial charge in [-0.1, -0.05) is 30.3 Å². The van der Waals surface area contributed by atoms with E-state index in [2.05, 4.69) is 0 Å². The highest BCUT2D eigenvalue weighted by atomic mass is 16.7. The van der Waals surface area contributed by atoms with Crippen LogP contribution in [0.1, 0.15) is 19.4 Å². The molecule has 0 amide bonds. The molecule has 1 aromatic rings. The van der Waals surface area contributed by atoms with Gasteiger partial charge in [0.15, 0.2) is 12.1 Å². The van der Waals surface area contributed by atoms with E-state index in [9.17, 15) is 4.79 Å². The van der Waals surface area contributed by atoms with Crippen LogP contribution in [0, 0.1) is 0 Å². The van der Waals surface area contributed by atoms with Crippen LogP contribution in [0.3, 0.4) is 0 Å². The Balaban J connectivity index is 1.89. The molecule has 0 spiro atoms. The molecule has 4 nitrogen and oxygen atoms in total. The van der Waals surface area contributed by atoms with Crippen molar-refractivity contribution in [1.29, 1.82) is 0 Å². The Hall–Kier alpha value is -1.23. The molecule has 0 bridgehead atoms. The number of benzene rings is 1. The summed E-state index contributed by atoms with van der Waals surface area (Å²) in [4.78, 5) is 11.1. The van der Waals surface area contributed by atoms with Crippen LogP contribution in [-0.4, -0.2) is 30.9 Å². The van der Waals surface area contributed by atoms with E-state index in [0.717, 1.165) is 11.8 Å². The van der Waals surface area contributed by atoms with Gasteiger partial charge in [-0.15, -0.1) is 0 Å². The molecule has 1 aromatic carbocycles. The molecular weight excluding hydrogens is 232 g/mol. The van der Waals surface area contributed by atoms with Crippen molar-refractivity contribution in [1.82, 2.24) is 0 Å². The molecule has 4 heteroatoms. The average Bonchev–Trinajstić information content (AvgIpc) is 2.72. The highest BCUT2D eigenvalue weighted by Gasteiger charge is 2.37. The van der Waals surface area contributed by atoms with Crippen molar-refractivity contribution in [3.63, 3.8) is 0 Å². The van der Waals surface area contributed by atoms with Gasteiger partial charge in [0, 0.05) is 0 Å². The second-order valence-corrected chi connectivity index (χ2v) is 4.76. The van der Waals surface area contributed by atoms with Crippen molar-refractivity contribution >= 4 is 6.29 Å². The van der Waals surface area contributed by atoms with Gasteiger partial charge in [-0.25, -0.2) is 0 Å². The van der Waals surface area contributed by atoms with Gasteiger partial charge in [0.25, 0.3) is 0 Å². The quantitative estimate of drug-likeness (QED) is 0.749. The van der Waals surface area contributed by atoms with Crippen LogP contribution in [0.4, 0.5) is 0 Å². The topological polar surface area (TPSA) is 44.8 Å². The van der Waals surface area contributed by atoms with Gasteiger partial charge >= 0.3 is 0 Å². The summed E-state index contributed by atoms with van der Waals surface area (Å²) >= 11 is 0. The fourth-order valence-electron chi connectivity index (χ4n) is 1.88. The molecule has 98 valence electrons. The molecule has 1 heterocycles. The van der Waals surface area contributed by atoms with Crippen LogP contribution >= 0.6 is 0 Å². The van der Waals surface area contributed by atoms with Crippen molar-refractivity contribution in [2.45, 2.75) is 38.4 Å². The molecule has 0 radical (unpaired) electrons. The number of ether oxygens (including phenoxy) is 3. The second-order valence-electron chi connectivity index (χ2n) is 4.76. The average molecular weight is 250 g/mol. The zero-order valence-corrected chi connectivity index (χ0v) is 10.7. The van der Waals surface area contributed by atoms with Crippen LogP contribution in [0.5, 0.6) is 0 Å². The van der Waals surface area contributed by atoms with Crippen LogP contribution < -0.4 is 0 Å². The maximum atomic E-state index is 11.1. The molecule has 0 saturated carbocycles. The minimum atomic E-state index is -0.637. The molecule has 2 atom stereocenters. The SMILES string of the molecule is CC1(C)OC[C@H]([C@@H](C=O)OCc2ccccc2)O1. The lowest BCUT2D eigenvalue weighted by atomic mass is 10.2. The van der Waals surface area contributed by atoms with Gasteiger partial charge in [0.05, 0.1) is 13.2 Å². The van der Waals surface area contributed by atoms with Gasteiger partial charge in [0.1, 0.15) is 12.2 Å². The van der Waals surface area contributed by atoms with Gasteiger partial charge in [0.2, 0.25) is 0 Å². The third-order valence-corrected chi connectivity index (χ3v) is 2.82. The van der Waals surface area contributed by atoms with E-state index in [1.54, 1.807) is 0 Å². The maximum Gasteiger partial charge on any atom is 0.163 e. The standard InChI is InChI=1S/C14H18O4/c1-14(2)17-10-13(18-14)12(8-15)16-9-11-6-4-3-5-7-11/h3-8,12-13H,9-10H2,1-2H3/t12-,13-/m1/s1. The lowest BCUT2D eigenvalue weighted by Crippen LogP contribution is -2.34. The Morgan fingerprint density at radius 2 is 2.17 bits per heavy atom. The predicted octanol–water partition coefficient (Wildman–Crippen LogP) is 1.92. The van der Waals surface area contributed by atoms with E-state index in [4.69, 9.17) is 14.2 Å². The van der Waals surface area contributed by atoms with Crippen molar-refractivity contribution < 1.29 is 19.0 Å². The summed E-state index contributed by atoms with van der Waals surface area (Å²) in [5.41, 5.74) is 1.03. The molecule has 0 N–H and O–H groups in total. The summed E-state index contributed by atoms with van der Waals surface area (Å²) in [6.45, 7) is 4.42. The summed E-state index contributed by atoms with van der Waals surface area (Å²) < 4.78 is 16.6. The molecular formula is C14H18O4. The molecule has 1 saturated heterocycles. The number of hydrogen-bond donors (Lipinski definition) is 0. The first kappa shape index (κ1) is 13.2. The normalized spacial score (nSPS) is 23.8. The molecule has 1 aliphatic rings. The molecule has 1 aliphatic heterocycles. The summed E-state index contributed by atoms with van der Waals surface area (Å²) in [5.74, 6) is -0.637. The third-order valence-electron chi connectivity index (χ3n) is 2.82. The summed E-state index contributed by atoms with van der Waals surface area (Å²) in [6.07, 6.45) is -0.147. The van der Waals surface area contributed by atoms with E-state index in [-0.39, 0.29) is 6.10 Å². The molecule has 1 fully saturated rings. The third kappa shape index (κ3) is 3.38. The van der Waals surface area contributed by atoms with E-state index in [1.165, 1.54) is 0 Å². The summed E-state index contributed by atoms with van der Waals surface area (Å²) in [6, 6.07) is 9.73. The van der Waals surface area contributed by atoms with Gasteiger partial charge in [-0.05, 0) is 19.4 Å². The number of carbonyl (C=O) groups is 1. The largest absolute Gasteiger partial charge is 0.363 e. The highest BCUT2D eigenvalue weighted by Crippen LogP contribution is 2.25. The molecule has 0 aliphatic carbocycles. The van der Waals surface area contributed by atoms with Crippen LogP contribution in [-0.2, 0) is 25.6 Å². The molecule has 2 rings (SSSR count). The number of aldehydes is 1. The van der Waals surface area contributed by atoms with Gasteiger partial charge < -0.3 is 19.0 Å². The summed E-state index contributed by atoms with van der Waals surface area (Å²) in [5, 5.41) is 0. The Labute approximate surface area is 107 Å². The number of rotatable bonds is 5. The first-order valence-corrected chi connectivity index (χ1v) is 6.03. The van der Waals surface area contributed by atoms with E-state index in [0.29, 0.717) is 13.2 Å². The highest BCUT2D eigenvalue weighted by molar-refractivity contribution is 5.57. The lowest BCUT2D eigenvalue weighted by molar-refractivity contribution is -0.160. The fourth-order valence-corrected chi connectivity index (χ4v) is 1.88. The Morgan fingerprint density at radius 1 is 1.44 bits per heavy atom. The smallest absolute Gasteiger partial charge is 0.163 e. The minimum Gasteiger partial charge on any atom is -0.363 e. The Bertz CT molecular complexity index is 388. The van der Waals surface area contributed by atoms with Crippen molar-refractivity contribution in [3.05, 3.63) is 35.9 Å². The zero-order valence-electron chi connectivity index (χ0n) is 10.7. The number of carbonyl (C=O) groups excluding carboxylic acids is 1.